The average Bonchev–Trinajstić information content (AvgIpc) is 2.89. The van der Waals surface area contributed by atoms with Crippen LogP contribution in [0, 0.1) is 6.92 Å². The first-order valence-electron chi connectivity index (χ1n) is 5.13. The monoisotopic (exact) mass is 322 g/mol. The minimum atomic E-state index is -3.44. The molecule has 0 aromatic carbocycles. The van der Waals surface area contributed by atoms with Gasteiger partial charge in [0.15, 0.2) is 0 Å². The molecule has 2 heterocycles. The number of thiazole rings is 1. The summed E-state index contributed by atoms with van der Waals surface area (Å²) in [6, 6.07) is 3.08. The van der Waals surface area contributed by atoms with Crippen molar-refractivity contribution in [2.75, 3.05) is 6.54 Å². The lowest BCUT2D eigenvalue weighted by atomic mass is 10.3. The Bertz CT molecular complexity index is 633. The van der Waals surface area contributed by atoms with E-state index in [-0.39, 0.29) is 4.21 Å². The maximum absolute atomic E-state index is 11.9. The quantitative estimate of drug-likeness (QED) is 0.920. The van der Waals surface area contributed by atoms with Crippen LogP contribution in [-0.2, 0) is 16.4 Å². The van der Waals surface area contributed by atoms with Gasteiger partial charge in [0, 0.05) is 11.4 Å². The largest absolute Gasteiger partial charge is 0.250 e. The van der Waals surface area contributed by atoms with Gasteiger partial charge < -0.3 is 0 Å². The number of hydrogen-bond acceptors (Lipinski definition) is 5. The molecule has 0 amide bonds. The number of hydrogen-bond donors (Lipinski definition) is 1. The maximum Gasteiger partial charge on any atom is 0.250 e. The van der Waals surface area contributed by atoms with Crippen LogP contribution in [-0.4, -0.2) is 19.9 Å². The standard InChI is InChI=1S/C10H11ClN2O2S3/c1-7-8(16-6-12-7)4-5-13-18(14,15)10-3-2-9(11)17-10/h2-3,6,13H,4-5H2,1H3. The molecular weight excluding hydrogens is 312 g/mol. The minimum absolute atomic E-state index is 0.244. The highest BCUT2D eigenvalue weighted by Gasteiger charge is 2.16. The molecule has 0 fully saturated rings. The SMILES string of the molecule is Cc1ncsc1CCNS(=O)(=O)c1ccc(Cl)s1. The molecule has 2 aromatic heterocycles. The van der Waals surface area contributed by atoms with E-state index in [1.54, 1.807) is 11.6 Å². The number of rotatable bonds is 5. The van der Waals surface area contributed by atoms with Crippen molar-refractivity contribution in [3.05, 3.63) is 32.6 Å². The Labute approximate surface area is 119 Å². The van der Waals surface area contributed by atoms with Gasteiger partial charge in [-0.1, -0.05) is 11.6 Å². The lowest BCUT2D eigenvalue weighted by Gasteiger charge is -2.03. The third-order valence-electron chi connectivity index (χ3n) is 2.30. The lowest BCUT2D eigenvalue weighted by Crippen LogP contribution is -2.25. The summed E-state index contributed by atoms with van der Waals surface area (Å²) < 4.78 is 27.0. The van der Waals surface area contributed by atoms with Crippen LogP contribution < -0.4 is 4.72 Å². The molecule has 0 bridgehead atoms. The predicted octanol–water partition coefficient (Wildman–Crippen LogP) is 2.69. The molecule has 0 aliphatic carbocycles. The molecule has 0 atom stereocenters. The number of aromatic nitrogens is 1. The van der Waals surface area contributed by atoms with E-state index in [1.807, 2.05) is 6.92 Å². The molecule has 2 aromatic rings. The van der Waals surface area contributed by atoms with E-state index in [0.29, 0.717) is 17.3 Å². The van der Waals surface area contributed by atoms with E-state index >= 15 is 0 Å². The van der Waals surface area contributed by atoms with Crippen molar-refractivity contribution in [3.8, 4) is 0 Å². The van der Waals surface area contributed by atoms with Gasteiger partial charge in [-0.25, -0.2) is 18.1 Å². The first-order chi connectivity index (χ1) is 8.49. The molecule has 0 aliphatic heterocycles. The molecule has 18 heavy (non-hydrogen) atoms. The first-order valence-corrected chi connectivity index (χ1v) is 8.69. The zero-order valence-corrected chi connectivity index (χ0v) is 12.7. The summed E-state index contributed by atoms with van der Waals surface area (Å²) in [7, 11) is -3.44. The number of nitrogens with zero attached hydrogens (tertiary/aromatic N) is 1. The fourth-order valence-electron chi connectivity index (χ4n) is 1.38. The van der Waals surface area contributed by atoms with Gasteiger partial charge in [-0.15, -0.1) is 22.7 Å². The Balaban J connectivity index is 1.96. The van der Waals surface area contributed by atoms with Crippen LogP contribution in [0.25, 0.3) is 0 Å². The van der Waals surface area contributed by atoms with Gasteiger partial charge in [0.25, 0.3) is 0 Å². The summed E-state index contributed by atoms with van der Waals surface area (Å²) in [4.78, 5) is 5.22. The number of sulfonamides is 1. The smallest absolute Gasteiger partial charge is 0.250 e. The van der Waals surface area contributed by atoms with E-state index in [0.717, 1.165) is 21.9 Å². The van der Waals surface area contributed by atoms with Crippen molar-refractivity contribution in [1.29, 1.82) is 0 Å². The summed E-state index contributed by atoms with van der Waals surface area (Å²) in [6.07, 6.45) is 0.648. The first kappa shape index (κ1) is 14.0. The van der Waals surface area contributed by atoms with Crippen molar-refractivity contribution in [2.24, 2.45) is 0 Å². The maximum atomic E-state index is 11.9. The summed E-state index contributed by atoms with van der Waals surface area (Å²) in [5.41, 5.74) is 2.72. The van der Waals surface area contributed by atoms with Gasteiger partial charge in [-0.3, -0.25) is 0 Å². The van der Waals surface area contributed by atoms with Crippen LogP contribution >= 0.6 is 34.3 Å². The molecule has 1 N–H and O–H groups in total. The van der Waals surface area contributed by atoms with Crippen LogP contribution in [0.5, 0.6) is 0 Å². The van der Waals surface area contributed by atoms with Crippen LogP contribution in [0.2, 0.25) is 4.34 Å². The molecule has 0 saturated carbocycles. The van der Waals surface area contributed by atoms with Crippen LogP contribution in [0.3, 0.4) is 0 Å². The molecule has 2 rings (SSSR count). The number of thiophene rings is 1. The van der Waals surface area contributed by atoms with Crippen LogP contribution in [0.4, 0.5) is 0 Å². The minimum Gasteiger partial charge on any atom is -0.250 e. The number of aryl methyl sites for hydroxylation is 1. The Hall–Kier alpha value is -0.470. The molecule has 0 saturated heterocycles. The topological polar surface area (TPSA) is 59.1 Å². The summed E-state index contributed by atoms with van der Waals surface area (Å²) in [6.45, 7) is 2.28. The molecule has 0 radical (unpaired) electrons. The van der Waals surface area contributed by atoms with E-state index in [1.165, 1.54) is 17.4 Å². The van der Waals surface area contributed by atoms with Crippen LogP contribution in [0.1, 0.15) is 10.6 Å². The fraction of sp³-hybridized carbons (Fsp3) is 0.300. The van der Waals surface area contributed by atoms with Crippen molar-refractivity contribution in [3.63, 3.8) is 0 Å². The molecule has 4 nitrogen and oxygen atoms in total. The van der Waals surface area contributed by atoms with Gasteiger partial charge in [0.05, 0.1) is 15.5 Å². The third-order valence-corrected chi connectivity index (χ3v) is 6.48. The Morgan fingerprint density at radius 1 is 1.44 bits per heavy atom. The molecule has 0 unspecified atom stereocenters. The summed E-state index contributed by atoms with van der Waals surface area (Å²) >= 11 is 8.31. The zero-order chi connectivity index (χ0) is 13.2. The predicted molar refractivity (Wildman–Crippen MR) is 75.1 cm³/mol. The Kier molecular flexibility index (Phi) is 4.39. The average molecular weight is 323 g/mol. The zero-order valence-electron chi connectivity index (χ0n) is 9.51. The van der Waals surface area contributed by atoms with Crippen molar-refractivity contribution < 1.29 is 8.42 Å². The van der Waals surface area contributed by atoms with Gasteiger partial charge in [-0.05, 0) is 25.5 Å². The normalized spacial score (nSPS) is 11.9. The van der Waals surface area contributed by atoms with E-state index in [2.05, 4.69) is 9.71 Å². The highest BCUT2D eigenvalue weighted by atomic mass is 35.5. The Morgan fingerprint density at radius 3 is 2.78 bits per heavy atom. The van der Waals surface area contributed by atoms with Crippen LogP contribution in [0.15, 0.2) is 21.9 Å². The lowest BCUT2D eigenvalue weighted by molar-refractivity contribution is 0.584. The van der Waals surface area contributed by atoms with E-state index in [9.17, 15) is 8.42 Å². The molecular formula is C10H11ClN2O2S3. The highest BCUT2D eigenvalue weighted by molar-refractivity contribution is 7.91. The fourth-order valence-corrected chi connectivity index (χ4v) is 4.72. The number of nitrogens with one attached hydrogen (secondary N) is 1. The van der Waals surface area contributed by atoms with Gasteiger partial charge in [0.1, 0.15) is 4.21 Å². The van der Waals surface area contributed by atoms with Gasteiger partial charge >= 0.3 is 0 Å². The van der Waals surface area contributed by atoms with Gasteiger partial charge in [-0.2, -0.15) is 0 Å². The second-order valence-corrected chi connectivity index (χ2v) is 8.22. The second-order valence-electron chi connectivity index (χ2n) is 3.57. The Morgan fingerprint density at radius 2 is 2.22 bits per heavy atom. The third kappa shape index (κ3) is 3.30. The van der Waals surface area contributed by atoms with Crippen molar-refractivity contribution in [2.45, 2.75) is 17.6 Å². The molecule has 0 spiro atoms. The van der Waals surface area contributed by atoms with E-state index in [4.69, 9.17) is 11.6 Å². The number of halogens is 1. The molecule has 8 heteroatoms. The van der Waals surface area contributed by atoms with Crippen molar-refractivity contribution in [1.82, 2.24) is 9.71 Å². The summed E-state index contributed by atoms with van der Waals surface area (Å²) in [5, 5.41) is 0. The summed E-state index contributed by atoms with van der Waals surface area (Å²) in [5.74, 6) is 0. The second kappa shape index (κ2) is 5.66. The van der Waals surface area contributed by atoms with E-state index < -0.39 is 10.0 Å². The molecule has 98 valence electrons. The molecule has 0 aliphatic rings. The van der Waals surface area contributed by atoms with Crippen molar-refractivity contribution >= 4 is 44.3 Å². The van der Waals surface area contributed by atoms with Gasteiger partial charge in [0.2, 0.25) is 10.0 Å². The highest BCUT2D eigenvalue weighted by Crippen LogP contribution is 2.25.